The third-order valence-electron chi connectivity index (χ3n) is 2.47. The lowest BCUT2D eigenvalue weighted by molar-refractivity contribution is -0.140. The van der Waals surface area contributed by atoms with Crippen LogP contribution in [0.2, 0.25) is 0 Å². The van der Waals surface area contributed by atoms with Crippen LogP contribution < -0.4 is 4.74 Å². The highest BCUT2D eigenvalue weighted by Crippen LogP contribution is 2.35. The van der Waals surface area contributed by atoms with E-state index in [1.165, 1.54) is 12.1 Å². The molecule has 1 rings (SSSR count). The molecule has 3 nitrogen and oxygen atoms in total. The maximum atomic E-state index is 12.9. The van der Waals surface area contributed by atoms with E-state index in [1.54, 1.807) is 0 Å². The summed E-state index contributed by atoms with van der Waals surface area (Å²) in [5.74, 6) is -0.979. The van der Waals surface area contributed by atoms with Crippen molar-refractivity contribution in [3.8, 4) is 5.75 Å². The summed E-state index contributed by atoms with van der Waals surface area (Å²) in [6.45, 7) is 2.19. The molecule has 0 radical (unpaired) electrons. The Morgan fingerprint density at radius 3 is 2.58 bits per heavy atom. The van der Waals surface area contributed by atoms with Crippen LogP contribution in [0.4, 0.5) is 13.2 Å². The molecule has 0 spiro atoms. The van der Waals surface area contributed by atoms with Gasteiger partial charge in [-0.3, -0.25) is 4.79 Å². The first-order valence-electron chi connectivity index (χ1n) is 5.89. The van der Waals surface area contributed by atoms with E-state index in [0.717, 1.165) is 6.07 Å². The molecule has 0 bridgehead atoms. The Hall–Kier alpha value is -1.72. The summed E-state index contributed by atoms with van der Waals surface area (Å²) >= 11 is 0. The molecule has 0 unspecified atom stereocenters. The number of carboxylic acid groups (broad SMARTS) is 1. The minimum absolute atomic E-state index is 0.0289. The normalized spacial score (nSPS) is 11.4. The summed E-state index contributed by atoms with van der Waals surface area (Å²) in [6.07, 6.45) is -4.31. The zero-order valence-electron chi connectivity index (χ0n) is 10.5. The summed E-state index contributed by atoms with van der Waals surface area (Å²) in [5, 5.41) is 8.53. The van der Waals surface area contributed by atoms with Gasteiger partial charge >= 0.3 is 12.1 Å². The molecule has 0 aromatic heterocycles. The molecular formula is C13H15F3O3. The van der Waals surface area contributed by atoms with Gasteiger partial charge in [-0.05, 0) is 30.5 Å². The van der Waals surface area contributed by atoms with Crippen LogP contribution in [0, 0.1) is 0 Å². The third-order valence-corrected chi connectivity index (χ3v) is 2.47. The van der Waals surface area contributed by atoms with Crippen LogP contribution in [0.3, 0.4) is 0 Å². The van der Waals surface area contributed by atoms with Crippen LogP contribution >= 0.6 is 0 Å². The summed E-state index contributed by atoms with van der Waals surface area (Å²) in [6, 6.07) is 3.63. The molecule has 1 aromatic carbocycles. The monoisotopic (exact) mass is 276 g/mol. The largest absolute Gasteiger partial charge is 0.494 e. The van der Waals surface area contributed by atoms with Crippen LogP contribution in [-0.2, 0) is 17.4 Å². The molecule has 0 heterocycles. The van der Waals surface area contributed by atoms with Crippen molar-refractivity contribution in [2.24, 2.45) is 0 Å². The van der Waals surface area contributed by atoms with E-state index in [1.807, 2.05) is 6.92 Å². The lowest BCUT2D eigenvalue weighted by Gasteiger charge is -2.14. The average Bonchev–Trinajstić information content (AvgIpc) is 2.33. The molecule has 0 aliphatic rings. The first kappa shape index (κ1) is 15.3. The van der Waals surface area contributed by atoms with Crippen molar-refractivity contribution in [3.63, 3.8) is 0 Å². The van der Waals surface area contributed by atoms with E-state index < -0.39 is 17.7 Å². The fourth-order valence-electron chi connectivity index (χ4n) is 1.59. The van der Waals surface area contributed by atoms with Crippen LogP contribution in [-0.4, -0.2) is 17.7 Å². The smallest absolute Gasteiger partial charge is 0.416 e. The Bertz CT molecular complexity index is 441. The molecule has 6 heteroatoms. The van der Waals surface area contributed by atoms with Crippen molar-refractivity contribution >= 4 is 5.97 Å². The van der Waals surface area contributed by atoms with Crippen LogP contribution in [0.15, 0.2) is 18.2 Å². The molecule has 0 aliphatic carbocycles. The molecule has 0 atom stereocenters. The van der Waals surface area contributed by atoms with Gasteiger partial charge in [-0.25, -0.2) is 0 Å². The maximum absolute atomic E-state index is 12.9. The molecule has 0 saturated heterocycles. The van der Waals surface area contributed by atoms with Crippen molar-refractivity contribution in [1.29, 1.82) is 0 Å². The fourth-order valence-corrected chi connectivity index (χ4v) is 1.59. The van der Waals surface area contributed by atoms with E-state index >= 15 is 0 Å². The number of hydrogen-bond donors (Lipinski definition) is 1. The van der Waals surface area contributed by atoms with Gasteiger partial charge in [0.05, 0.1) is 12.2 Å². The minimum Gasteiger partial charge on any atom is -0.494 e. The predicted molar refractivity (Wildman–Crippen MR) is 63.2 cm³/mol. The van der Waals surface area contributed by atoms with Crippen LogP contribution in [0.1, 0.15) is 30.9 Å². The van der Waals surface area contributed by atoms with Crippen molar-refractivity contribution in [1.82, 2.24) is 0 Å². The van der Waals surface area contributed by atoms with Crippen molar-refractivity contribution in [3.05, 3.63) is 29.3 Å². The van der Waals surface area contributed by atoms with Gasteiger partial charge < -0.3 is 9.84 Å². The standard InChI is InChI=1S/C13H15F3O3/c1-2-7-19-10-5-3-9(4-6-12(17)18)11(8-10)13(14,15)16/h3,5,8H,2,4,6-7H2,1H3,(H,17,18). The van der Waals surface area contributed by atoms with Crippen molar-refractivity contribution in [2.75, 3.05) is 6.61 Å². The predicted octanol–water partition coefficient (Wildman–Crippen LogP) is 3.51. The lowest BCUT2D eigenvalue weighted by Crippen LogP contribution is -2.11. The first-order valence-corrected chi connectivity index (χ1v) is 5.89. The molecule has 0 saturated carbocycles. The second kappa shape index (κ2) is 6.45. The fraction of sp³-hybridized carbons (Fsp3) is 0.462. The van der Waals surface area contributed by atoms with Crippen LogP contribution in [0.25, 0.3) is 0 Å². The lowest BCUT2D eigenvalue weighted by atomic mass is 10.0. The summed E-state index contributed by atoms with van der Waals surface area (Å²) in [7, 11) is 0. The Morgan fingerprint density at radius 1 is 1.37 bits per heavy atom. The number of halogens is 3. The Labute approximate surface area is 109 Å². The first-order chi connectivity index (χ1) is 8.84. The summed E-state index contributed by atoms with van der Waals surface area (Å²) in [5.41, 5.74) is -0.860. The molecule has 1 aromatic rings. The topological polar surface area (TPSA) is 46.5 Å². The maximum Gasteiger partial charge on any atom is 0.416 e. The Balaban J connectivity index is 2.99. The van der Waals surface area contributed by atoms with Crippen molar-refractivity contribution < 1.29 is 27.8 Å². The number of alkyl halides is 3. The van der Waals surface area contributed by atoms with Gasteiger partial charge in [-0.1, -0.05) is 13.0 Å². The molecule has 0 amide bonds. The Kier molecular flexibility index (Phi) is 5.20. The molecule has 1 N–H and O–H groups in total. The van der Waals surface area contributed by atoms with Gasteiger partial charge in [0.1, 0.15) is 5.75 Å². The van der Waals surface area contributed by atoms with Gasteiger partial charge in [-0.15, -0.1) is 0 Å². The number of carboxylic acids is 1. The molecular weight excluding hydrogens is 261 g/mol. The second-order valence-electron chi connectivity index (χ2n) is 4.06. The quantitative estimate of drug-likeness (QED) is 0.864. The van der Waals surface area contributed by atoms with Gasteiger partial charge in [0.15, 0.2) is 0 Å². The second-order valence-corrected chi connectivity index (χ2v) is 4.06. The number of hydrogen-bond acceptors (Lipinski definition) is 2. The number of benzene rings is 1. The summed E-state index contributed by atoms with van der Waals surface area (Å²) in [4.78, 5) is 10.4. The van der Waals surface area contributed by atoms with Gasteiger partial charge in [0.2, 0.25) is 0 Å². The molecule has 0 fully saturated rings. The molecule has 106 valence electrons. The number of carbonyl (C=O) groups is 1. The number of ether oxygens (including phenoxy) is 1. The highest BCUT2D eigenvalue weighted by molar-refractivity contribution is 5.67. The summed E-state index contributed by atoms with van der Waals surface area (Å²) < 4.78 is 43.8. The molecule has 0 aliphatic heterocycles. The van der Waals surface area contributed by atoms with E-state index in [2.05, 4.69) is 0 Å². The Morgan fingerprint density at radius 2 is 2.05 bits per heavy atom. The highest BCUT2D eigenvalue weighted by Gasteiger charge is 2.33. The van der Waals surface area contributed by atoms with E-state index in [0.29, 0.717) is 13.0 Å². The van der Waals surface area contributed by atoms with Crippen LogP contribution in [0.5, 0.6) is 5.75 Å². The average molecular weight is 276 g/mol. The van der Waals surface area contributed by atoms with Gasteiger partial charge in [0.25, 0.3) is 0 Å². The van der Waals surface area contributed by atoms with Gasteiger partial charge in [-0.2, -0.15) is 13.2 Å². The number of rotatable bonds is 6. The minimum atomic E-state index is -4.51. The zero-order chi connectivity index (χ0) is 14.5. The highest BCUT2D eigenvalue weighted by atomic mass is 19.4. The van der Waals surface area contributed by atoms with E-state index in [9.17, 15) is 18.0 Å². The van der Waals surface area contributed by atoms with E-state index in [-0.39, 0.29) is 24.2 Å². The van der Waals surface area contributed by atoms with E-state index in [4.69, 9.17) is 9.84 Å². The van der Waals surface area contributed by atoms with Gasteiger partial charge in [0, 0.05) is 6.42 Å². The SMILES string of the molecule is CCCOc1ccc(CCC(=O)O)c(C(F)(F)F)c1. The molecule has 19 heavy (non-hydrogen) atoms. The third kappa shape index (κ3) is 4.81. The van der Waals surface area contributed by atoms with Crippen molar-refractivity contribution in [2.45, 2.75) is 32.4 Å². The number of aryl methyl sites for hydroxylation is 1. The number of aliphatic carboxylic acids is 1. The zero-order valence-corrected chi connectivity index (χ0v) is 10.5.